The van der Waals surface area contributed by atoms with Gasteiger partial charge in [-0.25, -0.2) is 4.98 Å². The molecule has 4 nitrogen and oxygen atoms in total. The van der Waals surface area contributed by atoms with Gasteiger partial charge in [0.2, 0.25) is 0 Å². The maximum atomic E-state index is 8.92. The number of hydrogen-bond acceptors (Lipinski definition) is 4. The van der Waals surface area contributed by atoms with Crippen LogP contribution in [0, 0.1) is 11.3 Å². The highest BCUT2D eigenvalue weighted by atomic mass is 35.5. The van der Waals surface area contributed by atoms with Crippen LogP contribution in [0.2, 0.25) is 5.02 Å². The standard InChI is InChI=1S/C12H15ClN4/c1-17(8-10-3-2-5-15-10)12-11(13)9(7-14)4-6-16-12/h4,6,10,15H,2-3,5,8H2,1H3. The highest BCUT2D eigenvalue weighted by Crippen LogP contribution is 2.26. The third-order valence-corrected chi connectivity index (χ3v) is 3.38. The third-order valence-electron chi connectivity index (χ3n) is 3.01. The minimum atomic E-state index is 0.440. The molecule has 0 aliphatic carbocycles. The van der Waals surface area contributed by atoms with Gasteiger partial charge in [-0.2, -0.15) is 5.26 Å². The number of nitriles is 1. The van der Waals surface area contributed by atoms with Crippen LogP contribution in [-0.2, 0) is 0 Å². The highest BCUT2D eigenvalue weighted by molar-refractivity contribution is 6.34. The fourth-order valence-electron chi connectivity index (χ4n) is 2.11. The summed E-state index contributed by atoms with van der Waals surface area (Å²) in [6.07, 6.45) is 4.02. The molecule has 1 unspecified atom stereocenters. The summed E-state index contributed by atoms with van der Waals surface area (Å²) < 4.78 is 0. The normalized spacial score (nSPS) is 19.0. The molecular weight excluding hydrogens is 236 g/mol. The molecule has 2 heterocycles. The molecule has 1 aliphatic heterocycles. The first-order chi connectivity index (χ1) is 8.22. The number of likely N-dealkylation sites (N-methyl/N-ethyl adjacent to an activating group) is 1. The summed E-state index contributed by atoms with van der Waals surface area (Å²) in [5.41, 5.74) is 0.475. The van der Waals surface area contributed by atoms with E-state index in [1.807, 2.05) is 11.9 Å². The minimum Gasteiger partial charge on any atom is -0.357 e. The van der Waals surface area contributed by atoms with Gasteiger partial charge < -0.3 is 10.2 Å². The van der Waals surface area contributed by atoms with Crippen molar-refractivity contribution in [3.8, 4) is 6.07 Å². The molecule has 1 aromatic rings. The fourth-order valence-corrected chi connectivity index (χ4v) is 2.41. The molecule has 2 rings (SSSR count). The van der Waals surface area contributed by atoms with E-state index in [1.165, 1.54) is 12.8 Å². The van der Waals surface area contributed by atoms with Gasteiger partial charge in [0.05, 0.1) is 5.56 Å². The average molecular weight is 251 g/mol. The second-order valence-electron chi connectivity index (χ2n) is 4.28. The van der Waals surface area contributed by atoms with Crippen molar-refractivity contribution in [1.29, 1.82) is 5.26 Å². The SMILES string of the molecule is CN(CC1CCCN1)c1nccc(C#N)c1Cl. The molecule has 90 valence electrons. The maximum absolute atomic E-state index is 8.92. The first kappa shape index (κ1) is 12.2. The first-order valence-electron chi connectivity index (χ1n) is 5.71. The summed E-state index contributed by atoms with van der Waals surface area (Å²) in [6, 6.07) is 4.19. The topological polar surface area (TPSA) is 52.0 Å². The van der Waals surface area contributed by atoms with Crippen molar-refractivity contribution >= 4 is 17.4 Å². The van der Waals surface area contributed by atoms with Gasteiger partial charge in [0.1, 0.15) is 16.9 Å². The van der Waals surface area contributed by atoms with E-state index in [-0.39, 0.29) is 0 Å². The minimum absolute atomic E-state index is 0.440. The number of rotatable bonds is 3. The van der Waals surface area contributed by atoms with Crippen LogP contribution in [0.25, 0.3) is 0 Å². The van der Waals surface area contributed by atoms with Crippen molar-refractivity contribution < 1.29 is 0 Å². The Morgan fingerprint density at radius 2 is 2.53 bits per heavy atom. The Morgan fingerprint density at radius 3 is 3.18 bits per heavy atom. The zero-order valence-electron chi connectivity index (χ0n) is 9.78. The number of aromatic nitrogens is 1. The zero-order chi connectivity index (χ0) is 12.3. The van der Waals surface area contributed by atoms with Crippen LogP contribution in [0.1, 0.15) is 18.4 Å². The molecule has 1 atom stereocenters. The average Bonchev–Trinajstić information content (AvgIpc) is 2.82. The van der Waals surface area contributed by atoms with Gasteiger partial charge in [0.15, 0.2) is 0 Å². The molecule has 0 spiro atoms. The summed E-state index contributed by atoms with van der Waals surface area (Å²) >= 11 is 6.14. The number of nitrogens with zero attached hydrogens (tertiary/aromatic N) is 3. The van der Waals surface area contributed by atoms with Gasteiger partial charge in [-0.05, 0) is 25.5 Å². The van der Waals surface area contributed by atoms with Crippen molar-refractivity contribution in [2.75, 3.05) is 25.0 Å². The quantitative estimate of drug-likeness (QED) is 0.889. The number of hydrogen-bond donors (Lipinski definition) is 1. The Bertz CT molecular complexity index is 435. The summed E-state index contributed by atoms with van der Waals surface area (Å²) in [4.78, 5) is 6.25. The van der Waals surface area contributed by atoms with Gasteiger partial charge in [-0.3, -0.25) is 0 Å². The molecule has 0 aromatic carbocycles. The Labute approximate surface area is 106 Å². The van der Waals surface area contributed by atoms with Crippen molar-refractivity contribution in [1.82, 2.24) is 10.3 Å². The van der Waals surface area contributed by atoms with Gasteiger partial charge in [0, 0.05) is 25.8 Å². The van der Waals surface area contributed by atoms with E-state index in [1.54, 1.807) is 12.3 Å². The lowest BCUT2D eigenvalue weighted by Gasteiger charge is -2.23. The van der Waals surface area contributed by atoms with Gasteiger partial charge in [0.25, 0.3) is 0 Å². The van der Waals surface area contributed by atoms with E-state index in [4.69, 9.17) is 16.9 Å². The lowest BCUT2D eigenvalue weighted by atomic mass is 10.2. The summed E-state index contributed by atoms with van der Waals surface area (Å²) in [7, 11) is 1.95. The van der Waals surface area contributed by atoms with Crippen LogP contribution < -0.4 is 10.2 Å². The van der Waals surface area contributed by atoms with E-state index in [2.05, 4.69) is 16.4 Å². The molecule has 1 N–H and O–H groups in total. The van der Waals surface area contributed by atoms with E-state index in [0.717, 1.165) is 13.1 Å². The van der Waals surface area contributed by atoms with E-state index < -0.39 is 0 Å². The van der Waals surface area contributed by atoms with Crippen molar-refractivity contribution in [3.05, 3.63) is 22.8 Å². The molecule has 5 heteroatoms. The lowest BCUT2D eigenvalue weighted by molar-refractivity contribution is 0.597. The van der Waals surface area contributed by atoms with Gasteiger partial charge >= 0.3 is 0 Å². The van der Waals surface area contributed by atoms with E-state index in [9.17, 15) is 0 Å². The van der Waals surface area contributed by atoms with Crippen molar-refractivity contribution in [2.24, 2.45) is 0 Å². The smallest absolute Gasteiger partial charge is 0.148 e. The Kier molecular flexibility index (Phi) is 3.82. The molecule has 0 amide bonds. The van der Waals surface area contributed by atoms with Crippen LogP contribution in [0.5, 0.6) is 0 Å². The maximum Gasteiger partial charge on any atom is 0.148 e. The van der Waals surface area contributed by atoms with Gasteiger partial charge in [-0.15, -0.1) is 0 Å². The Balaban J connectivity index is 2.13. The second-order valence-corrected chi connectivity index (χ2v) is 4.66. The second kappa shape index (κ2) is 5.35. The summed E-state index contributed by atoms with van der Waals surface area (Å²) in [5, 5.41) is 12.8. The number of halogens is 1. The monoisotopic (exact) mass is 250 g/mol. The largest absolute Gasteiger partial charge is 0.357 e. The Morgan fingerprint density at radius 1 is 1.71 bits per heavy atom. The molecule has 0 radical (unpaired) electrons. The molecule has 1 aromatic heterocycles. The molecule has 1 fully saturated rings. The molecule has 17 heavy (non-hydrogen) atoms. The zero-order valence-corrected chi connectivity index (χ0v) is 10.5. The summed E-state index contributed by atoms with van der Waals surface area (Å²) in [6.45, 7) is 1.94. The fraction of sp³-hybridized carbons (Fsp3) is 0.500. The van der Waals surface area contributed by atoms with Crippen LogP contribution in [0.3, 0.4) is 0 Å². The van der Waals surface area contributed by atoms with Crippen LogP contribution in [0.4, 0.5) is 5.82 Å². The van der Waals surface area contributed by atoms with E-state index in [0.29, 0.717) is 22.4 Å². The van der Waals surface area contributed by atoms with Crippen LogP contribution in [-0.4, -0.2) is 31.2 Å². The first-order valence-corrected chi connectivity index (χ1v) is 6.09. The predicted octanol–water partition coefficient (Wildman–Crippen LogP) is 1.79. The van der Waals surface area contributed by atoms with Crippen molar-refractivity contribution in [3.63, 3.8) is 0 Å². The summed E-state index contributed by atoms with van der Waals surface area (Å²) in [5.74, 6) is 0.680. The molecule has 0 bridgehead atoms. The molecule has 1 saturated heterocycles. The number of pyridine rings is 1. The van der Waals surface area contributed by atoms with Crippen molar-refractivity contribution in [2.45, 2.75) is 18.9 Å². The lowest BCUT2D eigenvalue weighted by Crippen LogP contribution is -2.35. The van der Waals surface area contributed by atoms with E-state index >= 15 is 0 Å². The molecule has 1 aliphatic rings. The molecular formula is C12H15ClN4. The Hall–Kier alpha value is -1.31. The number of nitrogens with one attached hydrogen (secondary N) is 1. The predicted molar refractivity (Wildman–Crippen MR) is 68.3 cm³/mol. The third kappa shape index (κ3) is 2.68. The van der Waals surface area contributed by atoms with Crippen LogP contribution in [0.15, 0.2) is 12.3 Å². The van der Waals surface area contributed by atoms with Gasteiger partial charge in [-0.1, -0.05) is 11.6 Å². The molecule has 0 saturated carbocycles. The highest BCUT2D eigenvalue weighted by Gasteiger charge is 2.18. The number of anilines is 1. The van der Waals surface area contributed by atoms with Crippen LogP contribution >= 0.6 is 11.6 Å².